The summed E-state index contributed by atoms with van der Waals surface area (Å²) in [5.74, 6) is 0. The molecule has 0 rings (SSSR count). The smallest absolute Gasteiger partial charge is 0.407 e. The number of nitrogens with one attached hydrogen (secondary N) is 1. The van der Waals surface area contributed by atoms with Gasteiger partial charge in [0, 0.05) is 0 Å². The monoisotopic (exact) mass is 177 g/mol. The van der Waals surface area contributed by atoms with Gasteiger partial charge in [-0.25, -0.2) is 4.79 Å². The van der Waals surface area contributed by atoms with E-state index in [4.69, 9.17) is 10.2 Å². The first-order valence-electron chi connectivity index (χ1n) is 3.89. The zero-order valence-electron chi connectivity index (χ0n) is 7.12. The van der Waals surface area contributed by atoms with Crippen molar-refractivity contribution >= 4 is 6.09 Å². The number of rotatable bonds is 5. The van der Waals surface area contributed by atoms with E-state index < -0.39 is 12.1 Å². The SMILES string of the molecule is CCCOC(=O)NC(CO)CO. The minimum Gasteiger partial charge on any atom is -0.450 e. The maximum absolute atomic E-state index is 10.8. The van der Waals surface area contributed by atoms with Gasteiger partial charge in [0.15, 0.2) is 0 Å². The van der Waals surface area contributed by atoms with Crippen molar-refractivity contribution in [1.82, 2.24) is 5.32 Å². The molecule has 0 radical (unpaired) electrons. The minimum absolute atomic E-state index is 0.294. The highest BCUT2D eigenvalue weighted by molar-refractivity contribution is 5.67. The summed E-state index contributed by atoms with van der Waals surface area (Å²) in [7, 11) is 0. The van der Waals surface area contributed by atoms with Gasteiger partial charge >= 0.3 is 6.09 Å². The van der Waals surface area contributed by atoms with Crippen molar-refractivity contribution in [2.45, 2.75) is 19.4 Å². The number of aliphatic hydroxyl groups is 2. The fourth-order valence-electron chi connectivity index (χ4n) is 0.552. The minimum atomic E-state index is -0.630. The normalized spacial score (nSPS) is 10.0. The Morgan fingerprint density at radius 1 is 1.50 bits per heavy atom. The topological polar surface area (TPSA) is 78.8 Å². The van der Waals surface area contributed by atoms with Gasteiger partial charge in [-0.05, 0) is 6.42 Å². The Balaban J connectivity index is 3.52. The Morgan fingerprint density at radius 2 is 2.08 bits per heavy atom. The summed E-state index contributed by atoms with van der Waals surface area (Å²) in [6.45, 7) is 1.63. The van der Waals surface area contributed by atoms with E-state index in [1.807, 2.05) is 6.92 Å². The standard InChI is InChI=1S/C7H15NO4/c1-2-3-12-7(11)8-6(4-9)5-10/h6,9-10H,2-5H2,1H3,(H,8,11). The molecular weight excluding hydrogens is 162 g/mol. The molecule has 0 unspecified atom stereocenters. The number of carbonyl (C=O) groups excluding carboxylic acids is 1. The van der Waals surface area contributed by atoms with Gasteiger partial charge in [0.1, 0.15) is 0 Å². The second kappa shape index (κ2) is 6.87. The maximum atomic E-state index is 10.8. The predicted molar refractivity (Wildman–Crippen MR) is 42.7 cm³/mol. The van der Waals surface area contributed by atoms with Crippen LogP contribution in [0.15, 0.2) is 0 Å². The third kappa shape index (κ3) is 4.92. The van der Waals surface area contributed by atoms with E-state index in [9.17, 15) is 4.79 Å². The lowest BCUT2D eigenvalue weighted by atomic mass is 10.3. The molecule has 0 heterocycles. The molecule has 0 aliphatic heterocycles. The summed E-state index contributed by atoms with van der Waals surface area (Å²) in [4.78, 5) is 10.8. The second-order valence-corrected chi connectivity index (χ2v) is 2.34. The van der Waals surface area contributed by atoms with Crippen molar-refractivity contribution in [2.24, 2.45) is 0 Å². The average Bonchev–Trinajstić information content (AvgIpc) is 2.10. The van der Waals surface area contributed by atoms with E-state index >= 15 is 0 Å². The zero-order valence-corrected chi connectivity index (χ0v) is 7.12. The van der Waals surface area contributed by atoms with Crippen LogP contribution >= 0.6 is 0 Å². The van der Waals surface area contributed by atoms with Crippen molar-refractivity contribution in [1.29, 1.82) is 0 Å². The van der Waals surface area contributed by atoms with E-state index in [1.165, 1.54) is 0 Å². The van der Waals surface area contributed by atoms with Crippen LogP contribution in [-0.2, 0) is 4.74 Å². The van der Waals surface area contributed by atoms with Crippen LogP contribution in [0.25, 0.3) is 0 Å². The molecule has 72 valence electrons. The number of hydrogen-bond acceptors (Lipinski definition) is 4. The first-order chi connectivity index (χ1) is 5.74. The van der Waals surface area contributed by atoms with Crippen LogP contribution in [0.1, 0.15) is 13.3 Å². The fourth-order valence-corrected chi connectivity index (χ4v) is 0.552. The fraction of sp³-hybridized carbons (Fsp3) is 0.857. The lowest BCUT2D eigenvalue weighted by molar-refractivity contribution is 0.121. The van der Waals surface area contributed by atoms with E-state index in [2.05, 4.69) is 10.1 Å². The quantitative estimate of drug-likeness (QED) is 0.527. The number of carbonyl (C=O) groups is 1. The molecule has 0 saturated carbocycles. The zero-order chi connectivity index (χ0) is 9.40. The van der Waals surface area contributed by atoms with Gasteiger partial charge < -0.3 is 20.3 Å². The molecule has 0 bridgehead atoms. The summed E-state index contributed by atoms with van der Waals surface area (Å²) in [5.41, 5.74) is 0. The van der Waals surface area contributed by atoms with Crippen molar-refractivity contribution in [3.05, 3.63) is 0 Å². The van der Waals surface area contributed by atoms with Gasteiger partial charge in [-0.2, -0.15) is 0 Å². The summed E-state index contributed by atoms with van der Waals surface area (Å²) in [5, 5.41) is 19.4. The first kappa shape index (κ1) is 11.2. The maximum Gasteiger partial charge on any atom is 0.407 e. The third-order valence-corrected chi connectivity index (χ3v) is 1.20. The van der Waals surface area contributed by atoms with E-state index in [-0.39, 0.29) is 13.2 Å². The van der Waals surface area contributed by atoms with Crippen molar-refractivity contribution in [3.8, 4) is 0 Å². The Hall–Kier alpha value is -0.810. The molecule has 12 heavy (non-hydrogen) atoms. The molecule has 5 nitrogen and oxygen atoms in total. The molecule has 5 heteroatoms. The predicted octanol–water partition coefficient (Wildman–Crippen LogP) is -0.524. The summed E-state index contributed by atoms with van der Waals surface area (Å²) in [6.07, 6.45) is 0.140. The van der Waals surface area contributed by atoms with Gasteiger partial charge in [0.05, 0.1) is 25.9 Å². The number of hydrogen-bond donors (Lipinski definition) is 3. The molecule has 0 aromatic heterocycles. The van der Waals surface area contributed by atoms with E-state index in [1.54, 1.807) is 0 Å². The molecule has 0 aliphatic carbocycles. The van der Waals surface area contributed by atoms with Gasteiger partial charge in [-0.1, -0.05) is 6.92 Å². The molecule has 0 aromatic carbocycles. The molecule has 0 atom stereocenters. The number of ether oxygens (including phenoxy) is 1. The van der Waals surface area contributed by atoms with E-state index in [0.29, 0.717) is 6.61 Å². The molecule has 0 fully saturated rings. The molecule has 0 aromatic rings. The highest BCUT2D eigenvalue weighted by atomic mass is 16.5. The summed E-state index contributed by atoms with van der Waals surface area (Å²) >= 11 is 0. The van der Waals surface area contributed by atoms with Crippen molar-refractivity contribution in [2.75, 3.05) is 19.8 Å². The number of alkyl carbamates (subject to hydrolysis) is 1. The molecule has 1 amide bonds. The Kier molecular flexibility index (Phi) is 6.41. The molecular formula is C7H15NO4. The Morgan fingerprint density at radius 3 is 2.50 bits per heavy atom. The van der Waals surface area contributed by atoms with Crippen molar-refractivity contribution < 1.29 is 19.7 Å². The van der Waals surface area contributed by atoms with E-state index in [0.717, 1.165) is 6.42 Å². The van der Waals surface area contributed by atoms with Crippen LogP contribution < -0.4 is 5.32 Å². The highest BCUT2D eigenvalue weighted by Gasteiger charge is 2.09. The number of aliphatic hydroxyl groups excluding tert-OH is 2. The Labute approximate surface area is 71.3 Å². The molecule has 0 aliphatic rings. The van der Waals surface area contributed by atoms with Gasteiger partial charge in [-0.3, -0.25) is 0 Å². The van der Waals surface area contributed by atoms with Crippen LogP contribution in [0.2, 0.25) is 0 Å². The van der Waals surface area contributed by atoms with Crippen molar-refractivity contribution in [3.63, 3.8) is 0 Å². The highest BCUT2D eigenvalue weighted by Crippen LogP contribution is 1.85. The van der Waals surface area contributed by atoms with Crippen LogP contribution in [-0.4, -0.2) is 42.2 Å². The van der Waals surface area contributed by atoms with Gasteiger partial charge in [-0.15, -0.1) is 0 Å². The summed E-state index contributed by atoms with van der Waals surface area (Å²) < 4.78 is 4.65. The Bertz CT molecular complexity index is 125. The lowest BCUT2D eigenvalue weighted by Gasteiger charge is -2.12. The first-order valence-corrected chi connectivity index (χ1v) is 3.89. The average molecular weight is 177 g/mol. The van der Waals surface area contributed by atoms with Crippen LogP contribution in [0, 0.1) is 0 Å². The summed E-state index contributed by atoms with van der Waals surface area (Å²) in [6, 6.07) is -0.630. The largest absolute Gasteiger partial charge is 0.450 e. The van der Waals surface area contributed by atoms with Crippen LogP contribution in [0.3, 0.4) is 0 Å². The van der Waals surface area contributed by atoms with Gasteiger partial charge in [0.25, 0.3) is 0 Å². The van der Waals surface area contributed by atoms with Crippen LogP contribution in [0.4, 0.5) is 4.79 Å². The molecule has 0 saturated heterocycles. The number of amides is 1. The lowest BCUT2D eigenvalue weighted by Crippen LogP contribution is -2.40. The van der Waals surface area contributed by atoms with Crippen LogP contribution in [0.5, 0.6) is 0 Å². The second-order valence-electron chi connectivity index (χ2n) is 2.34. The molecule has 0 spiro atoms. The van der Waals surface area contributed by atoms with Gasteiger partial charge in [0.2, 0.25) is 0 Å². The molecule has 3 N–H and O–H groups in total. The third-order valence-electron chi connectivity index (χ3n) is 1.20.